The van der Waals surface area contributed by atoms with Crippen LogP contribution in [0.2, 0.25) is 0 Å². The summed E-state index contributed by atoms with van der Waals surface area (Å²) in [5, 5.41) is 4.23. The van der Waals surface area contributed by atoms with Crippen molar-refractivity contribution in [3.8, 4) is 0 Å². The Morgan fingerprint density at radius 2 is 2.19 bits per heavy atom. The van der Waals surface area contributed by atoms with Gasteiger partial charge in [-0.15, -0.1) is 0 Å². The summed E-state index contributed by atoms with van der Waals surface area (Å²) in [6, 6.07) is 0.577. The summed E-state index contributed by atoms with van der Waals surface area (Å²) in [5.41, 5.74) is 6.67. The van der Waals surface area contributed by atoms with Gasteiger partial charge in [0.15, 0.2) is 0 Å². The third kappa shape index (κ3) is 2.12. The quantitative estimate of drug-likeness (QED) is 0.844. The molecule has 1 heterocycles. The molecule has 0 saturated heterocycles. The molecule has 2 unspecified atom stereocenters. The van der Waals surface area contributed by atoms with Gasteiger partial charge in [0.05, 0.1) is 0 Å². The van der Waals surface area contributed by atoms with Gasteiger partial charge in [0.2, 0.25) is 0 Å². The van der Waals surface area contributed by atoms with Gasteiger partial charge in [-0.2, -0.15) is 5.10 Å². The fourth-order valence-electron chi connectivity index (χ4n) is 2.44. The van der Waals surface area contributed by atoms with E-state index in [2.05, 4.69) is 37.8 Å². The number of rotatable bonds is 4. The van der Waals surface area contributed by atoms with Crippen LogP contribution < -0.4 is 5.73 Å². The van der Waals surface area contributed by atoms with Crippen molar-refractivity contribution in [2.45, 2.75) is 52.6 Å². The van der Waals surface area contributed by atoms with E-state index in [1.165, 1.54) is 6.42 Å². The van der Waals surface area contributed by atoms with Crippen molar-refractivity contribution in [1.82, 2.24) is 14.8 Å². The minimum absolute atomic E-state index is 0.219. The molecule has 2 N–H and O–H groups in total. The van der Waals surface area contributed by atoms with Crippen LogP contribution >= 0.6 is 0 Å². The predicted octanol–water partition coefficient (Wildman–Crippen LogP) is 1.77. The summed E-state index contributed by atoms with van der Waals surface area (Å²) in [4.78, 5) is 4.31. The number of hydrogen-bond acceptors (Lipinski definition) is 3. The fourth-order valence-corrected chi connectivity index (χ4v) is 2.44. The highest BCUT2D eigenvalue weighted by molar-refractivity contribution is 5.04. The molecule has 4 heteroatoms. The first kappa shape index (κ1) is 11.6. The molecule has 0 aliphatic heterocycles. The monoisotopic (exact) mass is 222 g/mol. The molecule has 16 heavy (non-hydrogen) atoms. The minimum atomic E-state index is 0.219. The second-order valence-corrected chi connectivity index (χ2v) is 5.88. The van der Waals surface area contributed by atoms with Crippen LogP contribution in [0, 0.1) is 11.3 Å². The molecule has 2 rings (SSSR count). The maximum absolute atomic E-state index is 6.23. The lowest BCUT2D eigenvalue weighted by Gasteiger charge is -2.15. The summed E-state index contributed by atoms with van der Waals surface area (Å²) in [5.74, 6) is 1.66. The van der Waals surface area contributed by atoms with Crippen LogP contribution in [0.3, 0.4) is 0 Å². The Hall–Kier alpha value is -0.900. The van der Waals surface area contributed by atoms with Crippen molar-refractivity contribution >= 4 is 0 Å². The summed E-state index contributed by atoms with van der Waals surface area (Å²) in [7, 11) is 0. The third-order valence-corrected chi connectivity index (χ3v) is 3.66. The van der Waals surface area contributed by atoms with Crippen molar-refractivity contribution in [3.63, 3.8) is 0 Å². The zero-order valence-electron chi connectivity index (χ0n) is 10.6. The number of hydrogen-bond donors (Lipinski definition) is 1. The van der Waals surface area contributed by atoms with Crippen molar-refractivity contribution < 1.29 is 0 Å². The Labute approximate surface area is 97.2 Å². The van der Waals surface area contributed by atoms with Crippen molar-refractivity contribution in [1.29, 1.82) is 0 Å². The molecule has 0 amide bonds. The molecule has 1 fully saturated rings. The largest absolute Gasteiger partial charge is 0.327 e. The van der Waals surface area contributed by atoms with Crippen LogP contribution in [0.15, 0.2) is 6.33 Å². The fraction of sp³-hybridized carbons (Fsp3) is 0.833. The SMILES string of the molecule is CC(C)n1ncnc1CC(N)C1CC1(C)C. The lowest BCUT2D eigenvalue weighted by atomic mass is 10.0. The topological polar surface area (TPSA) is 56.7 Å². The first-order valence-corrected chi connectivity index (χ1v) is 6.06. The highest BCUT2D eigenvalue weighted by Gasteiger charge is 2.49. The van der Waals surface area contributed by atoms with E-state index in [0.717, 1.165) is 12.2 Å². The molecule has 4 nitrogen and oxygen atoms in total. The Morgan fingerprint density at radius 3 is 2.69 bits per heavy atom. The van der Waals surface area contributed by atoms with Crippen molar-refractivity contribution in [3.05, 3.63) is 12.2 Å². The van der Waals surface area contributed by atoms with Gasteiger partial charge in [-0.05, 0) is 31.6 Å². The van der Waals surface area contributed by atoms with Gasteiger partial charge >= 0.3 is 0 Å². The summed E-state index contributed by atoms with van der Waals surface area (Å²) in [6.45, 7) is 8.80. The van der Waals surface area contributed by atoms with E-state index in [-0.39, 0.29) is 6.04 Å². The van der Waals surface area contributed by atoms with E-state index in [1.54, 1.807) is 6.33 Å². The average Bonchev–Trinajstić information content (AvgIpc) is 2.61. The van der Waals surface area contributed by atoms with Crippen molar-refractivity contribution in [2.75, 3.05) is 0 Å². The van der Waals surface area contributed by atoms with E-state index in [0.29, 0.717) is 17.4 Å². The van der Waals surface area contributed by atoms with Crippen LogP contribution in [-0.2, 0) is 6.42 Å². The summed E-state index contributed by atoms with van der Waals surface area (Å²) in [6.07, 6.45) is 3.70. The van der Waals surface area contributed by atoms with Crippen LogP contribution in [-0.4, -0.2) is 20.8 Å². The predicted molar refractivity (Wildman–Crippen MR) is 64.0 cm³/mol. The highest BCUT2D eigenvalue weighted by Crippen LogP contribution is 2.53. The smallest absolute Gasteiger partial charge is 0.138 e. The van der Waals surface area contributed by atoms with Gasteiger partial charge in [0.1, 0.15) is 12.2 Å². The maximum atomic E-state index is 6.23. The Kier molecular flexibility index (Phi) is 2.78. The first-order chi connectivity index (χ1) is 7.42. The first-order valence-electron chi connectivity index (χ1n) is 6.06. The molecular weight excluding hydrogens is 200 g/mol. The molecule has 1 aromatic heterocycles. The van der Waals surface area contributed by atoms with Gasteiger partial charge in [-0.25, -0.2) is 9.67 Å². The Morgan fingerprint density at radius 1 is 1.56 bits per heavy atom. The number of aromatic nitrogens is 3. The molecule has 1 aromatic rings. The number of nitrogens with two attached hydrogens (primary N) is 1. The molecule has 1 aliphatic rings. The molecule has 0 radical (unpaired) electrons. The van der Waals surface area contributed by atoms with Crippen LogP contribution in [0.5, 0.6) is 0 Å². The van der Waals surface area contributed by atoms with Gasteiger partial charge in [-0.1, -0.05) is 13.8 Å². The zero-order chi connectivity index (χ0) is 11.9. The van der Waals surface area contributed by atoms with E-state index in [9.17, 15) is 0 Å². The second kappa shape index (κ2) is 3.84. The minimum Gasteiger partial charge on any atom is -0.327 e. The normalized spacial score (nSPS) is 24.8. The average molecular weight is 222 g/mol. The lowest BCUT2D eigenvalue weighted by molar-refractivity contribution is 0.443. The Balaban J connectivity index is 2.01. The van der Waals surface area contributed by atoms with E-state index >= 15 is 0 Å². The lowest BCUT2D eigenvalue weighted by Crippen LogP contribution is -2.29. The second-order valence-electron chi connectivity index (χ2n) is 5.88. The summed E-state index contributed by atoms with van der Waals surface area (Å²) < 4.78 is 1.97. The van der Waals surface area contributed by atoms with Crippen LogP contribution in [0.25, 0.3) is 0 Å². The maximum Gasteiger partial charge on any atom is 0.138 e. The van der Waals surface area contributed by atoms with E-state index in [1.807, 2.05) is 4.68 Å². The van der Waals surface area contributed by atoms with Gasteiger partial charge in [0.25, 0.3) is 0 Å². The standard InChI is InChI=1S/C12H22N4/c1-8(2)16-11(14-7-15-16)5-10(13)9-6-12(9,3)4/h7-10H,5-6,13H2,1-4H3. The summed E-state index contributed by atoms with van der Waals surface area (Å²) >= 11 is 0. The third-order valence-electron chi connectivity index (χ3n) is 3.66. The highest BCUT2D eigenvalue weighted by atomic mass is 15.3. The molecule has 0 aromatic carbocycles. The molecular formula is C12H22N4. The van der Waals surface area contributed by atoms with Gasteiger partial charge in [-0.3, -0.25) is 0 Å². The number of nitrogens with zero attached hydrogens (tertiary/aromatic N) is 3. The molecule has 0 spiro atoms. The van der Waals surface area contributed by atoms with Gasteiger partial charge in [0, 0.05) is 18.5 Å². The van der Waals surface area contributed by atoms with Crippen LogP contribution in [0.4, 0.5) is 0 Å². The van der Waals surface area contributed by atoms with Gasteiger partial charge < -0.3 is 5.73 Å². The molecule has 2 atom stereocenters. The van der Waals surface area contributed by atoms with E-state index < -0.39 is 0 Å². The Bertz CT molecular complexity index is 367. The zero-order valence-corrected chi connectivity index (χ0v) is 10.6. The molecule has 1 saturated carbocycles. The van der Waals surface area contributed by atoms with Crippen LogP contribution in [0.1, 0.15) is 46.0 Å². The molecule has 0 bridgehead atoms. The van der Waals surface area contributed by atoms with Crippen molar-refractivity contribution in [2.24, 2.45) is 17.1 Å². The van der Waals surface area contributed by atoms with E-state index in [4.69, 9.17) is 5.73 Å². The molecule has 90 valence electrons. The molecule has 1 aliphatic carbocycles.